The minimum absolute atomic E-state index is 0.146. The van der Waals surface area contributed by atoms with E-state index >= 15 is 0 Å². The lowest BCUT2D eigenvalue weighted by molar-refractivity contribution is -0.265. The molecule has 0 aliphatic heterocycles. The molecule has 0 spiro atoms. The van der Waals surface area contributed by atoms with Gasteiger partial charge in [0.05, 0.1) is 0 Å². The van der Waals surface area contributed by atoms with E-state index in [1.807, 2.05) is 0 Å². The highest BCUT2D eigenvalue weighted by Crippen LogP contribution is 2.43. The van der Waals surface area contributed by atoms with Gasteiger partial charge >= 0.3 is 12.1 Å². The summed E-state index contributed by atoms with van der Waals surface area (Å²) < 4.78 is 60.7. The molecular formula is C8H9F5. The molecule has 0 fully saturated rings. The van der Waals surface area contributed by atoms with Crippen LogP contribution in [0.25, 0.3) is 0 Å². The molecule has 1 aliphatic carbocycles. The first-order valence-corrected chi connectivity index (χ1v) is 4.00. The lowest BCUT2D eigenvalue weighted by Gasteiger charge is -2.24. The molecule has 1 aliphatic rings. The molecule has 0 radical (unpaired) electrons. The van der Waals surface area contributed by atoms with Crippen LogP contribution in [0.3, 0.4) is 0 Å². The number of halogens is 5. The molecule has 0 aromatic rings. The van der Waals surface area contributed by atoms with E-state index in [4.69, 9.17) is 0 Å². The second-order valence-electron chi connectivity index (χ2n) is 3.05. The average molecular weight is 200 g/mol. The van der Waals surface area contributed by atoms with Gasteiger partial charge in [0, 0.05) is 5.57 Å². The Morgan fingerprint density at radius 2 is 1.62 bits per heavy atom. The Morgan fingerprint density at radius 1 is 1.00 bits per heavy atom. The summed E-state index contributed by atoms with van der Waals surface area (Å²) in [6.45, 7) is 0. The van der Waals surface area contributed by atoms with Crippen LogP contribution < -0.4 is 0 Å². The zero-order valence-corrected chi connectivity index (χ0v) is 6.80. The Bertz CT molecular complexity index is 213. The zero-order chi connectivity index (χ0) is 10.1. The smallest absolute Gasteiger partial charge is 0.191 e. The maximum atomic E-state index is 12.6. The van der Waals surface area contributed by atoms with Crippen molar-refractivity contribution in [2.45, 2.75) is 37.8 Å². The van der Waals surface area contributed by atoms with Crippen molar-refractivity contribution in [1.29, 1.82) is 0 Å². The Kier molecular flexibility index (Phi) is 2.63. The SMILES string of the molecule is FC(F)(F)C(F)(F)C1=CCCCC1. The normalized spacial score (nSPS) is 19.9. The van der Waals surface area contributed by atoms with Gasteiger partial charge in [-0.3, -0.25) is 0 Å². The standard InChI is InChI=1S/C8H9F5/c9-7(10,8(11,12)13)6-4-2-1-3-5-6/h4H,1-3,5H2. The fourth-order valence-corrected chi connectivity index (χ4v) is 1.31. The van der Waals surface area contributed by atoms with Crippen LogP contribution in [0.5, 0.6) is 0 Å². The molecule has 0 unspecified atom stereocenters. The second-order valence-corrected chi connectivity index (χ2v) is 3.05. The van der Waals surface area contributed by atoms with Gasteiger partial charge in [-0.25, -0.2) is 0 Å². The molecule has 0 atom stereocenters. The number of rotatable bonds is 1. The molecule has 0 amide bonds. The van der Waals surface area contributed by atoms with E-state index in [1.165, 1.54) is 0 Å². The third-order valence-corrected chi connectivity index (χ3v) is 2.05. The van der Waals surface area contributed by atoms with Crippen molar-refractivity contribution in [1.82, 2.24) is 0 Å². The van der Waals surface area contributed by atoms with Crippen LogP contribution in [-0.2, 0) is 0 Å². The van der Waals surface area contributed by atoms with Crippen LogP contribution in [0.15, 0.2) is 11.6 Å². The topological polar surface area (TPSA) is 0 Å². The lowest BCUT2D eigenvalue weighted by atomic mass is 9.94. The number of hydrogen-bond donors (Lipinski definition) is 0. The van der Waals surface area contributed by atoms with Crippen molar-refractivity contribution in [2.75, 3.05) is 0 Å². The third-order valence-electron chi connectivity index (χ3n) is 2.05. The number of allylic oxidation sites excluding steroid dienone is 2. The van der Waals surface area contributed by atoms with Crippen molar-refractivity contribution < 1.29 is 22.0 Å². The molecule has 0 aromatic carbocycles. The summed E-state index contributed by atoms with van der Waals surface area (Å²) >= 11 is 0. The molecule has 76 valence electrons. The van der Waals surface area contributed by atoms with E-state index in [9.17, 15) is 22.0 Å². The minimum atomic E-state index is -5.45. The molecule has 0 saturated carbocycles. The van der Waals surface area contributed by atoms with Gasteiger partial charge in [-0.15, -0.1) is 0 Å². The van der Waals surface area contributed by atoms with Gasteiger partial charge in [0.2, 0.25) is 0 Å². The highest BCUT2D eigenvalue weighted by molar-refractivity contribution is 5.17. The van der Waals surface area contributed by atoms with Crippen LogP contribution in [0.2, 0.25) is 0 Å². The van der Waals surface area contributed by atoms with Crippen molar-refractivity contribution >= 4 is 0 Å². The van der Waals surface area contributed by atoms with Gasteiger partial charge in [-0.05, 0) is 25.7 Å². The Morgan fingerprint density at radius 3 is 2.00 bits per heavy atom. The molecular weight excluding hydrogens is 191 g/mol. The molecule has 0 N–H and O–H groups in total. The summed E-state index contributed by atoms with van der Waals surface area (Å²) in [6, 6.07) is 0. The fraction of sp³-hybridized carbons (Fsp3) is 0.750. The predicted molar refractivity (Wildman–Crippen MR) is 37.6 cm³/mol. The minimum Gasteiger partial charge on any atom is -0.191 e. The third kappa shape index (κ3) is 2.00. The monoisotopic (exact) mass is 200 g/mol. The maximum absolute atomic E-state index is 12.6. The van der Waals surface area contributed by atoms with Crippen molar-refractivity contribution in [3.63, 3.8) is 0 Å². The molecule has 1 rings (SSSR count). The Hall–Kier alpha value is -0.610. The number of alkyl halides is 5. The summed E-state index contributed by atoms with van der Waals surface area (Å²) in [5.41, 5.74) is -0.772. The largest absolute Gasteiger partial charge is 0.457 e. The zero-order valence-electron chi connectivity index (χ0n) is 6.80. The van der Waals surface area contributed by atoms with Gasteiger partial charge in [0.25, 0.3) is 0 Å². The predicted octanol–water partition coefficient (Wildman–Crippen LogP) is 3.68. The van der Waals surface area contributed by atoms with Crippen molar-refractivity contribution in [3.8, 4) is 0 Å². The van der Waals surface area contributed by atoms with Crippen molar-refractivity contribution in [3.05, 3.63) is 11.6 Å². The first-order chi connectivity index (χ1) is 5.86. The van der Waals surface area contributed by atoms with Crippen LogP contribution in [0.1, 0.15) is 25.7 Å². The quantitative estimate of drug-likeness (QED) is 0.447. The van der Waals surface area contributed by atoms with E-state index in [0.29, 0.717) is 19.3 Å². The van der Waals surface area contributed by atoms with Crippen LogP contribution in [0, 0.1) is 0 Å². The average Bonchev–Trinajstić information content (AvgIpc) is 2.04. The lowest BCUT2D eigenvalue weighted by Crippen LogP contribution is -2.38. The molecule has 0 aromatic heterocycles. The van der Waals surface area contributed by atoms with E-state index in [-0.39, 0.29) is 6.42 Å². The highest BCUT2D eigenvalue weighted by atomic mass is 19.4. The maximum Gasteiger partial charge on any atom is 0.457 e. The highest BCUT2D eigenvalue weighted by Gasteiger charge is 2.59. The summed E-state index contributed by atoms with van der Waals surface area (Å²) in [5, 5.41) is 0. The van der Waals surface area contributed by atoms with E-state index in [2.05, 4.69) is 0 Å². The van der Waals surface area contributed by atoms with Gasteiger partial charge in [-0.2, -0.15) is 22.0 Å². The summed E-state index contributed by atoms with van der Waals surface area (Å²) in [6.07, 6.45) is -3.16. The van der Waals surface area contributed by atoms with Gasteiger partial charge < -0.3 is 0 Å². The Labute approximate surface area is 72.4 Å². The molecule has 13 heavy (non-hydrogen) atoms. The summed E-state index contributed by atoms with van der Waals surface area (Å²) in [7, 11) is 0. The van der Waals surface area contributed by atoms with E-state index < -0.39 is 17.7 Å². The Balaban J connectivity index is 2.85. The van der Waals surface area contributed by atoms with Gasteiger partial charge in [0.1, 0.15) is 0 Å². The van der Waals surface area contributed by atoms with E-state index in [0.717, 1.165) is 6.08 Å². The van der Waals surface area contributed by atoms with E-state index in [1.54, 1.807) is 0 Å². The summed E-state index contributed by atoms with van der Waals surface area (Å²) in [4.78, 5) is 0. The molecule has 0 heterocycles. The first-order valence-electron chi connectivity index (χ1n) is 4.00. The van der Waals surface area contributed by atoms with Gasteiger partial charge in [0.15, 0.2) is 0 Å². The number of hydrogen-bond acceptors (Lipinski definition) is 0. The molecule has 0 saturated heterocycles. The molecule has 5 heteroatoms. The van der Waals surface area contributed by atoms with Crippen molar-refractivity contribution in [2.24, 2.45) is 0 Å². The van der Waals surface area contributed by atoms with Gasteiger partial charge in [-0.1, -0.05) is 6.08 Å². The van der Waals surface area contributed by atoms with Crippen LogP contribution >= 0.6 is 0 Å². The molecule has 0 nitrogen and oxygen atoms in total. The molecule has 0 bridgehead atoms. The second kappa shape index (κ2) is 3.27. The van der Waals surface area contributed by atoms with Crippen LogP contribution in [0.4, 0.5) is 22.0 Å². The fourth-order valence-electron chi connectivity index (χ4n) is 1.31. The first kappa shape index (κ1) is 10.5. The summed E-state index contributed by atoms with van der Waals surface area (Å²) in [5.74, 6) is -4.63. The van der Waals surface area contributed by atoms with Crippen LogP contribution in [-0.4, -0.2) is 12.1 Å².